The number of H-pyrrole nitrogens is 1. The number of hydrogen-bond donors (Lipinski definition) is 2. The molecule has 170 valence electrons. The number of benzene rings is 3. The molecule has 0 radical (unpaired) electrons. The number of rotatable bonds is 7. The Kier molecular flexibility index (Phi) is 6.32. The van der Waals surface area contributed by atoms with E-state index in [-0.39, 0.29) is 11.9 Å². The first-order valence-corrected chi connectivity index (χ1v) is 12.7. The molecular formula is C28H26N4OS. The number of fused-ring (bicyclic) bond motifs is 2. The Morgan fingerprint density at radius 1 is 0.971 bits per heavy atom. The van der Waals surface area contributed by atoms with Gasteiger partial charge in [0.05, 0.1) is 33.8 Å². The highest BCUT2D eigenvalue weighted by Crippen LogP contribution is 2.27. The number of hydrogen-bond acceptors (Lipinski definition) is 4. The van der Waals surface area contributed by atoms with Crippen molar-refractivity contribution >= 4 is 39.6 Å². The molecule has 2 N–H and O–H groups in total. The van der Waals surface area contributed by atoms with E-state index >= 15 is 0 Å². The number of aromatic amines is 1. The Bertz CT molecular complexity index is 1430. The number of amides is 1. The van der Waals surface area contributed by atoms with Crippen molar-refractivity contribution in [3.8, 4) is 11.3 Å². The number of thioether (sulfide) groups is 1. The smallest absolute Gasteiger partial charge is 0.252 e. The number of carbonyl (C=O) groups is 1. The van der Waals surface area contributed by atoms with Gasteiger partial charge in [0, 0.05) is 10.9 Å². The third-order valence-corrected chi connectivity index (χ3v) is 6.61. The minimum absolute atomic E-state index is 0.126. The minimum Gasteiger partial charge on any atom is -0.342 e. The van der Waals surface area contributed by atoms with Crippen molar-refractivity contribution in [3.05, 3.63) is 95.8 Å². The number of carbonyl (C=O) groups excluding carboxylic acids is 1. The van der Waals surface area contributed by atoms with Crippen molar-refractivity contribution in [1.29, 1.82) is 0 Å². The van der Waals surface area contributed by atoms with Crippen LogP contribution >= 0.6 is 11.8 Å². The van der Waals surface area contributed by atoms with Gasteiger partial charge in [-0.3, -0.25) is 4.79 Å². The maximum absolute atomic E-state index is 13.7. The first-order chi connectivity index (χ1) is 16.6. The zero-order valence-corrected chi connectivity index (χ0v) is 20.0. The molecule has 0 aliphatic carbocycles. The molecule has 0 saturated heterocycles. The Morgan fingerprint density at radius 3 is 2.47 bits per heavy atom. The first kappa shape index (κ1) is 22.2. The number of aromatic nitrogens is 3. The average Bonchev–Trinajstić information content (AvgIpc) is 3.30. The molecule has 0 aliphatic rings. The van der Waals surface area contributed by atoms with Gasteiger partial charge in [-0.05, 0) is 49.6 Å². The maximum atomic E-state index is 13.7. The molecule has 0 saturated carbocycles. The van der Waals surface area contributed by atoms with Crippen LogP contribution in [0.2, 0.25) is 0 Å². The van der Waals surface area contributed by atoms with Gasteiger partial charge in [0.15, 0.2) is 0 Å². The second-order valence-corrected chi connectivity index (χ2v) is 9.37. The van der Waals surface area contributed by atoms with E-state index in [4.69, 9.17) is 9.97 Å². The summed E-state index contributed by atoms with van der Waals surface area (Å²) in [5.41, 5.74) is 6.25. The summed E-state index contributed by atoms with van der Waals surface area (Å²) >= 11 is 1.75. The van der Waals surface area contributed by atoms with Crippen LogP contribution in [-0.2, 0) is 0 Å². The van der Waals surface area contributed by atoms with Crippen molar-refractivity contribution in [2.45, 2.75) is 19.4 Å². The molecule has 5 rings (SSSR count). The second-order valence-electron chi connectivity index (χ2n) is 8.38. The fourth-order valence-electron chi connectivity index (χ4n) is 4.12. The lowest BCUT2D eigenvalue weighted by Crippen LogP contribution is -2.30. The molecule has 0 fully saturated rings. The summed E-state index contributed by atoms with van der Waals surface area (Å²) in [6.07, 6.45) is 2.85. The fraction of sp³-hybridized carbons (Fsp3) is 0.179. The molecule has 0 bridgehead atoms. The standard InChI is InChI=1S/C28H26N4OS/c1-18-11-13-19(14-12-18)26-17-21(20-7-3-4-8-22(20)29-26)28(33)32-25(15-16-34-2)27-30-23-9-5-6-10-24(23)31-27/h3-14,17,25H,15-16H2,1-2H3,(H,30,31)(H,32,33). The monoisotopic (exact) mass is 466 g/mol. The van der Waals surface area contributed by atoms with Crippen molar-refractivity contribution in [3.63, 3.8) is 0 Å². The number of para-hydroxylation sites is 3. The van der Waals surface area contributed by atoms with Crippen molar-refractivity contribution < 1.29 is 4.79 Å². The van der Waals surface area contributed by atoms with Crippen LogP contribution in [0.25, 0.3) is 33.2 Å². The Balaban J connectivity index is 1.53. The van der Waals surface area contributed by atoms with E-state index in [0.29, 0.717) is 5.56 Å². The predicted octanol–water partition coefficient (Wildman–Crippen LogP) is 6.31. The van der Waals surface area contributed by atoms with Crippen LogP contribution in [-0.4, -0.2) is 32.9 Å². The molecular weight excluding hydrogens is 440 g/mol. The third kappa shape index (κ3) is 4.54. The van der Waals surface area contributed by atoms with Crippen molar-refractivity contribution in [2.24, 2.45) is 0 Å². The molecule has 1 unspecified atom stereocenters. The lowest BCUT2D eigenvalue weighted by atomic mass is 10.0. The summed E-state index contributed by atoms with van der Waals surface area (Å²) in [6.45, 7) is 2.06. The van der Waals surface area contributed by atoms with Gasteiger partial charge in [-0.1, -0.05) is 60.2 Å². The van der Waals surface area contributed by atoms with Crippen molar-refractivity contribution in [2.75, 3.05) is 12.0 Å². The van der Waals surface area contributed by atoms with E-state index in [1.807, 2.05) is 66.7 Å². The molecule has 5 aromatic rings. The maximum Gasteiger partial charge on any atom is 0.252 e. The highest BCUT2D eigenvalue weighted by molar-refractivity contribution is 7.98. The van der Waals surface area contributed by atoms with Crippen LogP contribution in [0.4, 0.5) is 0 Å². The van der Waals surface area contributed by atoms with E-state index in [9.17, 15) is 4.79 Å². The molecule has 2 aromatic heterocycles. The molecule has 0 spiro atoms. The molecule has 0 aliphatic heterocycles. The van der Waals surface area contributed by atoms with E-state index < -0.39 is 0 Å². The Labute approximate surface area is 203 Å². The third-order valence-electron chi connectivity index (χ3n) is 5.96. The quantitative estimate of drug-likeness (QED) is 0.295. The second kappa shape index (κ2) is 9.69. The van der Waals surface area contributed by atoms with E-state index in [1.165, 1.54) is 5.56 Å². The van der Waals surface area contributed by atoms with Gasteiger partial charge < -0.3 is 10.3 Å². The molecule has 5 nitrogen and oxygen atoms in total. The van der Waals surface area contributed by atoms with Crippen LogP contribution in [0, 0.1) is 6.92 Å². The molecule has 6 heteroatoms. The van der Waals surface area contributed by atoms with E-state index in [1.54, 1.807) is 11.8 Å². The molecule has 34 heavy (non-hydrogen) atoms. The summed E-state index contributed by atoms with van der Waals surface area (Å²) in [4.78, 5) is 26.7. The summed E-state index contributed by atoms with van der Waals surface area (Å²) < 4.78 is 0. The summed E-state index contributed by atoms with van der Waals surface area (Å²) in [6, 6.07) is 25.6. The SMILES string of the molecule is CSCCC(NC(=O)c1cc(-c2ccc(C)cc2)nc2ccccc12)c1nc2ccccc2[nH]1. The van der Waals surface area contributed by atoms with Gasteiger partial charge in [-0.2, -0.15) is 11.8 Å². The number of nitrogens with zero attached hydrogens (tertiary/aromatic N) is 2. The number of aryl methyl sites for hydroxylation is 1. The highest BCUT2D eigenvalue weighted by Gasteiger charge is 2.21. The topological polar surface area (TPSA) is 70.7 Å². The average molecular weight is 467 g/mol. The lowest BCUT2D eigenvalue weighted by Gasteiger charge is -2.18. The molecule has 1 atom stereocenters. The van der Waals surface area contributed by atoms with Gasteiger partial charge in [0.1, 0.15) is 5.82 Å². The van der Waals surface area contributed by atoms with Gasteiger partial charge in [-0.15, -0.1) is 0 Å². The van der Waals surface area contributed by atoms with E-state index in [0.717, 1.165) is 51.2 Å². The Hall–Kier alpha value is -3.64. The molecule has 2 heterocycles. The van der Waals surface area contributed by atoms with E-state index in [2.05, 4.69) is 35.6 Å². The summed E-state index contributed by atoms with van der Waals surface area (Å²) in [7, 11) is 0. The zero-order valence-electron chi connectivity index (χ0n) is 19.2. The van der Waals surface area contributed by atoms with Crippen LogP contribution < -0.4 is 5.32 Å². The van der Waals surface area contributed by atoms with Gasteiger partial charge in [-0.25, -0.2) is 9.97 Å². The normalized spacial score (nSPS) is 12.2. The Morgan fingerprint density at radius 2 is 1.71 bits per heavy atom. The van der Waals surface area contributed by atoms with Crippen molar-refractivity contribution in [1.82, 2.24) is 20.3 Å². The fourth-order valence-corrected chi connectivity index (χ4v) is 4.59. The first-order valence-electron chi connectivity index (χ1n) is 11.3. The van der Waals surface area contributed by atoms with Crippen LogP contribution in [0.3, 0.4) is 0 Å². The van der Waals surface area contributed by atoms with Gasteiger partial charge in [0.2, 0.25) is 0 Å². The number of pyridine rings is 1. The highest BCUT2D eigenvalue weighted by atomic mass is 32.2. The predicted molar refractivity (Wildman–Crippen MR) is 141 cm³/mol. The molecule has 1 amide bonds. The summed E-state index contributed by atoms with van der Waals surface area (Å²) in [5.74, 6) is 1.56. The molecule has 3 aromatic carbocycles. The van der Waals surface area contributed by atoms with Crippen LogP contribution in [0.5, 0.6) is 0 Å². The number of nitrogens with one attached hydrogen (secondary N) is 2. The van der Waals surface area contributed by atoms with Crippen LogP contribution in [0.15, 0.2) is 78.9 Å². The zero-order chi connectivity index (χ0) is 23.5. The number of imidazole rings is 1. The van der Waals surface area contributed by atoms with Gasteiger partial charge in [0.25, 0.3) is 5.91 Å². The van der Waals surface area contributed by atoms with Crippen LogP contribution in [0.1, 0.15) is 34.2 Å². The minimum atomic E-state index is -0.220. The van der Waals surface area contributed by atoms with Gasteiger partial charge >= 0.3 is 0 Å². The summed E-state index contributed by atoms with van der Waals surface area (Å²) in [5, 5.41) is 4.09. The lowest BCUT2D eigenvalue weighted by molar-refractivity contribution is 0.0936. The largest absolute Gasteiger partial charge is 0.342 e.